The Labute approximate surface area is 209 Å². The van der Waals surface area contributed by atoms with Gasteiger partial charge in [0.2, 0.25) is 0 Å². The summed E-state index contributed by atoms with van der Waals surface area (Å²) in [5.41, 5.74) is 0.897. The van der Waals surface area contributed by atoms with E-state index in [1.165, 1.54) is 52.1 Å². The van der Waals surface area contributed by atoms with Gasteiger partial charge in [0.05, 0.1) is 12.7 Å². The fourth-order valence-corrected chi connectivity index (χ4v) is 10.4. The topological polar surface area (TPSA) is 46.5 Å². The summed E-state index contributed by atoms with van der Waals surface area (Å²) in [7, 11) is 1.54. The van der Waals surface area contributed by atoms with Crippen molar-refractivity contribution in [1.82, 2.24) is 0 Å². The van der Waals surface area contributed by atoms with Crippen LogP contribution in [0.2, 0.25) is 0 Å². The van der Waals surface area contributed by atoms with Gasteiger partial charge in [-0.2, -0.15) is 0 Å². The minimum Gasteiger partial charge on any atom is -0.469 e. The lowest BCUT2D eigenvalue weighted by Gasteiger charge is -2.61. The van der Waals surface area contributed by atoms with Crippen molar-refractivity contribution in [1.29, 1.82) is 0 Å². The molecule has 4 saturated carbocycles. The van der Waals surface area contributed by atoms with Crippen molar-refractivity contribution in [3.05, 3.63) is 12.2 Å². The maximum atomic E-state index is 12.2. The Morgan fingerprint density at radius 3 is 2.38 bits per heavy atom. The Hall–Kier alpha value is -0.830. The Morgan fingerprint density at radius 1 is 1.06 bits per heavy atom. The highest BCUT2D eigenvalue weighted by atomic mass is 16.5. The molecule has 0 aliphatic heterocycles. The van der Waals surface area contributed by atoms with Gasteiger partial charge in [-0.05, 0) is 123 Å². The molecule has 0 saturated heterocycles. The summed E-state index contributed by atoms with van der Waals surface area (Å²) in [6.07, 6.45) is 16.4. The summed E-state index contributed by atoms with van der Waals surface area (Å²) >= 11 is 0. The van der Waals surface area contributed by atoms with Crippen LogP contribution in [0.3, 0.4) is 0 Å². The molecule has 0 aromatic rings. The smallest absolute Gasteiger partial charge is 0.305 e. The first-order chi connectivity index (χ1) is 15.8. The van der Waals surface area contributed by atoms with E-state index >= 15 is 0 Å². The van der Waals surface area contributed by atoms with Crippen LogP contribution in [0.25, 0.3) is 0 Å². The van der Waals surface area contributed by atoms with Gasteiger partial charge in [-0.15, -0.1) is 0 Å². The first-order valence-corrected chi connectivity index (χ1v) is 14.2. The second-order valence-corrected chi connectivity index (χ2v) is 14.3. The number of carbonyl (C=O) groups excluding carboxylic acids is 1. The highest BCUT2D eigenvalue weighted by Gasteiger charge is 2.80. The zero-order chi connectivity index (χ0) is 25.2. The number of hydrogen-bond donors (Lipinski definition) is 1. The third-order valence-corrected chi connectivity index (χ3v) is 12.1. The summed E-state index contributed by atoms with van der Waals surface area (Å²) in [6.45, 7) is 16.3. The van der Waals surface area contributed by atoms with Crippen molar-refractivity contribution >= 4 is 5.97 Å². The molecule has 1 N–H and O–H groups in total. The van der Waals surface area contributed by atoms with Crippen LogP contribution in [0.4, 0.5) is 0 Å². The molecule has 194 valence electrons. The standard InChI is InChI=1S/C31H52O3/c1-21(2)23-11-12-25-29(7)16-13-24(22(3)10-9-15-27(4,5)33)28(29,6)18-19-31(25)20-30(23,31)17-14-26(32)34-8/h9,15,21-25,33H,10-14,16-20H2,1-8H3/b15-9+/t22-,23+,24-,25+,28-,29+,30?,31?/m1/s1. The average molecular weight is 473 g/mol. The molecule has 4 rings (SSSR count). The molecule has 0 amide bonds. The molecule has 34 heavy (non-hydrogen) atoms. The highest BCUT2D eigenvalue weighted by Crippen LogP contribution is 2.87. The van der Waals surface area contributed by atoms with Crippen molar-refractivity contribution in [2.75, 3.05) is 7.11 Å². The number of hydrogen-bond acceptors (Lipinski definition) is 3. The maximum absolute atomic E-state index is 12.2. The zero-order valence-electron chi connectivity index (χ0n) is 23.4. The van der Waals surface area contributed by atoms with Gasteiger partial charge in [0.1, 0.15) is 0 Å². The van der Waals surface area contributed by atoms with Crippen molar-refractivity contribution in [3.63, 3.8) is 0 Å². The van der Waals surface area contributed by atoms with E-state index in [0.29, 0.717) is 39.9 Å². The SMILES string of the molecule is COC(=O)CCC12CC13CC[C@]1(C)[C@@H]([C@H](C)C/C=C/C(C)(C)O)CC[C@@]1(C)[C@@H]3CC[C@H]2C(C)C. The van der Waals surface area contributed by atoms with E-state index in [4.69, 9.17) is 4.74 Å². The average Bonchev–Trinajstić information content (AvgIpc) is 3.34. The van der Waals surface area contributed by atoms with Crippen LogP contribution in [0, 0.1) is 51.2 Å². The molecule has 3 heteroatoms. The molecule has 2 unspecified atom stereocenters. The van der Waals surface area contributed by atoms with E-state index in [-0.39, 0.29) is 5.97 Å². The molecule has 0 radical (unpaired) electrons. The van der Waals surface area contributed by atoms with Gasteiger partial charge in [-0.25, -0.2) is 0 Å². The van der Waals surface area contributed by atoms with Crippen LogP contribution < -0.4 is 0 Å². The van der Waals surface area contributed by atoms with Crippen LogP contribution in [0.5, 0.6) is 0 Å². The van der Waals surface area contributed by atoms with Crippen LogP contribution in [-0.2, 0) is 9.53 Å². The maximum Gasteiger partial charge on any atom is 0.305 e. The quantitative estimate of drug-likeness (QED) is 0.293. The van der Waals surface area contributed by atoms with Crippen LogP contribution >= 0.6 is 0 Å². The van der Waals surface area contributed by atoms with Crippen molar-refractivity contribution in [2.45, 2.75) is 118 Å². The second kappa shape index (κ2) is 8.63. The number of allylic oxidation sites excluding steroid dienone is 1. The Morgan fingerprint density at radius 2 is 1.76 bits per heavy atom. The van der Waals surface area contributed by atoms with E-state index in [2.05, 4.69) is 40.7 Å². The van der Waals surface area contributed by atoms with Crippen LogP contribution in [-0.4, -0.2) is 23.8 Å². The van der Waals surface area contributed by atoms with E-state index in [1.807, 2.05) is 19.9 Å². The Balaban J connectivity index is 1.58. The number of ether oxygens (including phenoxy) is 1. The van der Waals surface area contributed by atoms with Crippen LogP contribution in [0.15, 0.2) is 12.2 Å². The number of fused-ring (bicyclic) bond motifs is 2. The Kier molecular flexibility index (Phi) is 6.66. The van der Waals surface area contributed by atoms with Gasteiger partial charge >= 0.3 is 5.97 Å². The molecule has 1 spiro atoms. The molecule has 8 atom stereocenters. The lowest BCUT2D eigenvalue weighted by Crippen LogP contribution is -2.54. The molecular weight excluding hydrogens is 420 g/mol. The third kappa shape index (κ3) is 3.82. The molecule has 4 aliphatic carbocycles. The van der Waals surface area contributed by atoms with Gasteiger partial charge < -0.3 is 9.84 Å². The third-order valence-electron chi connectivity index (χ3n) is 12.1. The fraction of sp³-hybridized carbons (Fsp3) is 0.903. The number of carbonyl (C=O) groups is 1. The molecule has 4 fully saturated rings. The molecule has 0 aromatic carbocycles. The number of esters is 1. The van der Waals surface area contributed by atoms with Gasteiger partial charge in [-0.1, -0.05) is 46.8 Å². The summed E-state index contributed by atoms with van der Waals surface area (Å²) in [5.74, 6) is 3.63. The number of aliphatic hydroxyl groups is 1. The molecule has 0 aromatic heterocycles. The predicted octanol–water partition coefficient (Wildman–Crippen LogP) is 7.57. The van der Waals surface area contributed by atoms with E-state index in [1.54, 1.807) is 0 Å². The largest absolute Gasteiger partial charge is 0.469 e. The lowest BCUT2D eigenvalue weighted by molar-refractivity contribution is -0.144. The molecular formula is C31H52O3. The summed E-state index contributed by atoms with van der Waals surface area (Å²) in [6, 6.07) is 0. The highest BCUT2D eigenvalue weighted by molar-refractivity contribution is 5.69. The van der Waals surface area contributed by atoms with E-state index in [9.17, 15) is 9.90 Å². The summed E-state index contributed by atoms with van der Waals surface area (Å²) < 4.78 is 5.07. The van der Waals surface area contributed by atoms with Gasteiger partial charge in [0.25, 0.3) is 0 Å². The van der Waals surface area contributed by atoms with Gasteiger partial charge in [0.15, 0.2) is 0 Å². The normalized spacial score (nSPS) is 44.5. The summed E-state index contributed by atoms with van der Waals surface area (Å²) in [4.78, 5) is 12.2. The van der Waals surface area contributed by atoms with E-state index < -0.39 is 5.60 Å². The molecule has 3 nitrogen and oxygen atoms in total. The van der Waals surface area contributed by atoms with Crippen LogP contribution in [0.1, 0.15) is 113 Å². The van der Waals surface area contributed by atoms with Crippen molar-refractivity contribution in [3.8, 4) is 0 Å². The Bertz CT molecular complexity index is 808. The van der Waals surface area contributed by atoms with Gasteiger partial charge in [-0.3, -0.25) is 4.79 Å². The number of rotatable bonds is 8. The number of methoxy groups -OCH3 is 1. The minimum absolute atomic E-state index is 0.0261. The van der Waals surface area contributed by atoms with Crippen molar-refractivity contribution < 1.29 is 14.6 Å². The zero-order valence-corrected chi connectivity index (χ0v) is 23.4. The van der Waals surface area contributed by atoms with E-state index in [0.717, 1.165) is 30.6 Å². The molecule has 0 bridgehead atoms. The second-order valence-electron chi connectivity index (χ2n) is 14.3. The predicted molar refractivity (Wildman–Crippen MR) is 139 cm³/mol. The lowest BCUT2D eigenvalue weighted by atomic mass is 9.43. The molecule has 0 heterocycles. The fourth-order valence-electron chi connectivity index (χ4n) is 10.4. The van der Waals surface area contributed by atoms with Gasteiger partial charge in [0, 0.05) is 6.42 Å². The summed E-state index contributed by atoms with van der Waals surface area (Å²) in [5, 5.41) is 10.1. The minimum atomic E-state index is -0.723. The first kappa shape index (κ1) is 26.2. The monoisotopic (exact) mass is 472 g/mol. The first-order valence-electron chi connectivity index (χ1n) is 14.2. The van der Waals surface area contributed by atoms with Crippen molar-refractivity contribution in [2.24, 2.45) is 51.2 Å². The molecule has 4 aliphatic rings.